The lowest BCUT2D eigenvalue weighted by Gasteiger charge is -2.10. The predicted molar refractivity (Wildman–Crippen MR) is 82.6 cm³/mol. The van der Waals surface area contributed by atoms with Gasteiger partial charge in [0.1, 0.15) is 0 Å². The Hall–Kier alpha value is -1.77. The van der Waals surface area contributed by atoms with Gasteiger partial charge >= 0.3 is 5.97 Å². The van der Waals surface area contributed by atoms with Crippen LogP contribution in [0.4, 0.5) is 0 Å². The smallest absolute Gasteiger partial charge is 0.336 e. The molecule has 0 saturated carbocycles. The lowest BCUT2D eigenvalue weighted by molar-refractivity contribution is 0.0696. The molecule has 0 amide bonds. The molecule has 1 heterocycles. The van der Waals surface area contributed by atoms with Crippen molar-refractivity contribution in [3.05, 3.63) is 35.0 Å². The average Bonchev–Trinajstić information content (AvgIpc) is 2.73. The van der Waals surface area contributed by atoms with E-state index in [-0.39, 0.29) is 0 Å². The van der Waals surface area contributed by atoms with Gasteiger partial charge < -0.3 is 9.67 Å². The summed E-state index contributed by atoms with van der Waals surface area (Å²) in [5.74, 6) is -0.851. The number of aromatic carboxylic acids is 1. The van der Waals surface area contributed by atoms with Crippen LogP contribution in [0, 0.1) is 6.92 Å². The number of carbonyl (C=O) groups is 1. The van der Waals surface area contributed by atoms with Crippen molar-refractivity contribution < 1.29 is 9.90 Å². The Morgan fingerprint density at radius 3 is 2.60 bits per heavy atom. The zero-order valence-electron chi connectivity index (χ0n) is 12.7. The molecule has 0 saturated heterocycles. The summed E-state index contributed by atoms with van der Waals surface area (Å²) >= 11 is 0. The van der Waals surface area contributed by atoms with E-state index in [1.54, 1.807) is 0 Å². The summed E-state index contributed by atoms with van der Waals surface area (Å²) in [6.45, 7) is 8.32. The Labute approximate surface area is 120 Å². The fraction of sp³-hybridized carbons (Fsp3) is 0.471. The van der Waals surface area contributed by atoms with Gasteiger partial charge in [-0.05, 0) is 56.9 Å². The predicted octanol–water partition coefficient (Wildman–Crippen LogP) is 4.57. The van der Waals surface area contributed by atoms with Gasteiger partial charge in [0.05, 0.1) is 5.56 Å². The van der Waals surface area contributed by atoms with E-state index in [2.05, 4.69) is 31.5 Å². The SMILES string of the molecule is CCCCc1cn(C(C)C)c2cc(C(=O)O)c(C)cc12. The van der Waals surface area contributed by atoms with Gasteiger partial charge in [-0.15, -0.1) is 0 Å². The lowest BCUT2D eigenvalue weighted by Crippen LogP contribution is -2.02. The van der Waals surface area contributed by atoms with Crippen molar-refractivity contribution in [2.24, 2.45) is 0 Å². The van der Waals surface area contributed by atoms with Crippen molar-refractivity contribution in [1.29, 1.82) is 0 Å². The van der Waals surface area contributed by atoms with Crippen LogP contribution in [0.1, 0.15) is 61.1 Å². The van der Waals surface area contributed by atoms with E-state index in [0.717, 1.165) is 23.9 Å². The Kier molecular flexibility index (Phi) is 4.17. The van der Waals surface area contributed by atoms with Crippen LogP contribution >= 0.6 is 0 Å². The number of carboxylic acid groups (broad SMARTS) is 1. The third-order valence-electron chi connectivity index (χ3n) is 3.85. The normalized spacial score (nSPS) is 11.4. The maximum atomic E-state index is 11.3. The van der Waals surface area contributed by atoms with Gasteiger partial charge in [0.2, 0.25) is 0 Å². The first-order valence-corrected chi connectivity index (χ1v) is 7.33. The van der Waals surface area contributed by atoms with Gasteiger partial charge in [-0.1, -0.05) is 13.3 Å². The largest absolute Gasteiger partial charge is 0.478 e. The van der Waals surface area contributed by atoms with Crippen molar-refractivity contribution in [2.45, 2.75) is 53.0 Å². The molecule has 108 valence electrons. The van der Waals surface area contributed by atoms with Gasteiger partial charge in [-0.3, -0.25) is 0 Å². The average molecular weight is 273 g/mol. The van der Waals surface area contributed by atoms with Crippen LogP contribution in [0.3, 0.4) is 0 Å². The minimum absolute atomic E-state index is 0.331. The molecule has 0 atom stereocenters. The summed E-state index contributed by atoms with van der Waals surface area (Å²) in [4.78, 5) is 11.3. The van der Waals surface area contributed by atoms with Gasteiger partial charge in [0.15, 0.2) is 0 Å². The van der Waals surface area contributed by atoms with Gasteiger partial charge in [-0.2, -0.15) is 0 Å². The molecule has 1 aromatic heterocycles. The molecule has 3 heteroatoms. The third-order valence-corrected chi connectivity index (χ3v) is 3.85. The molecule has 20 heavy (non-hydrogen) atoms. The first kappa shape index (κ1) is 14.6. The Bertz CT molecular complexity index is 638. The molecule has 2 aromatic rings. The summed E-state index contributed by atoms with van der Waals surface area (Å²) < 4.78 is 2.19. The standard InChI is InChI=1S/C17H23NO2/c1-5-6-7-13-10-18(11(2)3)16-9-14(17(19)20)12(4)8-15(13)16/h8-11H,5-7H2,1-4H3,(H,19,20). The Morgan fingerprint density at radius 1 is 1.35 bits per heavy atom. The van der Waals surface area contributed by atoms with E-state index in [0.29, 0.717) is 11.6 Å². The van der Waals surface area contributed by atoms with E-state index in [1.165, 1.54) is 17.4 Å². The lowest BCUT2D eigenvalue weighted by atomic mass is 10.0. The number of hydrogen-bond donors (Lipinski definition) is 1. The fourth-order valence-electron chi connectivity index (χ4n) is 2.70. The number of carboxylic acids is 1. The molecule has 0 aliphatic carbocycles. The summed E-state index contributed by atoms with van der Waals surface area (Å²) in [5, 5.41) is 10.5. The van der Waals surface area contributed by atoms with Crippen LogP contribution in [0.2, 0.25) is 0 Å². The highest BCUT2D eigenvalue weighted by Gasteiger charge is 2.15. The van der Waals surface area contributed by atoms with Gasteiger partial charge in [-0.25, -0.2) is 4.79 Å². The molecule has 2 rings (SSSR count). The van der Waals surface area contributed by atoms with E-state index in [9.17, 15) is 9.90 Å². The maximum absolute atomic E-state index is 11.3. The fourth-order valence-corrected chi connectivity index (χ4v) is 2.70. The van der Waals surface area contributed by atoms with E-state index in [4.69, 9.17) is 0 Å². The Balaban J connectivity index is 2.66. The highest BCUT2D eigenvalue weighted by atomic mass is 16.4. The molecule has 0 aliphatic rings. The third kappa shape index (κ3) is 2.58. The second-order valence-electron chi connectivity index (χ2n) is 5.75. The van der Waals surface area contributed by atoms with E-state index >= 15 is 0 Å². The molecule has 0 bridgehead atoms. The zero-order valence-corrected chi connectivity index (χ0v) is 12.7. The van der Waals surface area contributed by atoms with Crippen LogP contribution in [0.25, 0.3) is 10.9 Å². The molecule has 0 aliphatic heterocycles. The molecule has 1 aromatic carbocycles. The summed E-state index contributed by atoms with van der Waals surface area (Å²) in [5.41, 5.74) is 3.61. The quantitative estimate of drug-likeness (QED) is 0.867. The summed E-state index contributed by atoms with van der Waals surface area (Å²) in [6, 6.07) is 4.18. The maximum Gasteiger partial charge on any atom is 0.336 e. The molecule has 1 N–H and O–H groups in total. The minimum Gasteiger partial charge on any atom is -0.478 e. The number of unbranched alkanes of at least 4 members (excludes halogenated alkanes) is 1. The highest BCUT2D eigenvalue weighted by Crippen LogP contribution is 2.29. The number of aryl methyl sites for hydroxylation is 2. The second kappa shape index (κ2) is 5.70. The van der Waals surface area contributed by atoms with Crippen molar-refractivity contribution in [1.82, 2.24) is 4.57 Å². The summed E-state index contributed by atoms with van der Waals surface area (Å²) in [6.07, 6.45) is 5.58. The number of aromatic nitrogens is 1. The minimum atomic E-state index is -0.851. The number of nitrogens with zero attached hydrogens (tertiary/aromatic N) is 1. The van der Waals surface area contributed by atoms with Crippen LogP contribution in [0.5, 0.6) is 0 Å². The van der Waals surface area contributed by atoms with Crippen molar-refractivity contribution in [3.8, 4) is 0 Å². The second-order valence-corrected chi connectivity index (χ2v) is 5.75. The first-order valence-electron chi connectivity index (χ1n) is 7.33. The number of rotatable bonds is 5. The molecule has 0 fully saturated rings. The highest BCUT2D eigenvalue weighted by molar-refractivity contribution is 5.96. The molecule has 0 spiro atoms. The van der Waals surface area contributed by atoms with Gasteiger partial charge in [0, 0.05) is 23.1 Å². The Morgan fingerprint density at radius 2 is 2.05 bits per heavy atom. The van der Waals surface area contributed by atoms with Gasteiger partial charge in [0.25, 0.3) is 0 Å². The number of fused-ring (bicyclic) bond motifs is 1. The van der Waals surface area contributed by atoms with Crippen LogP contribution in [0.15, 0.2) is 18.3 Å². The first-order chi connectivity index (χ1) is 9.45. The zero-order chi connectivity index (χ0) is 14.9. The van der Waals surface area contributed by atoms with Crippen LogP contribution in [-0.2, 0) is 6.42 Å². The molecule has 3 nitrogen and oxygen atoms in total. The molecule has 0 radical (unpaired) electrons. The van der Waals surface area contributed by atoms with Crippen LogP contribution < -0.4 is 0 Å². The summed E-state index contributed by atoms with van der Waals surface area (Å²) in [7, 11) is 0. The van der Waals surface area contributed by atoms with Crippen molar-refractivity contribution in [2.75, 3.05) is 0 Å². The van der Waals surface area contributed by atoms with E-state index < -0.39 is 5.97 Å². The molecular weight excluding hydrogens is 250 g/mol. The molecule has 0 unspecified atom stereocenters. The topological polar surface area (TPSA) is 42.2 Å². The van der Waals surface area contributed by atoms with Crippen molar-refractivity contribution >= 4 is 16.9 Å². The van der Waals surface area contributed by atoms with E-state index in [1.807, 2.05) is 19.1 Å². The number of benzene rings is 1. The monoisotopic (exact) mass is 273 g/mol. The number of hydrogen-bond acceptors (Lipinski definition) is 1. The van der Waals surface area contributed by atoms with Crippen LogP contribution in [-0.4, -0.2) is 15.6 Å². The molecular formula is C17H23NO2. The van der Waals surface area contributed by atoms with Crippen molar-refractivity contribution in [3.63, 3.8) is 0 Å².